The van der Waals surface area contributed by atoms with Crippen molar-refractivity contribution in [1.82, 2.24) is 14.8 Å². The van der Waals surface area contributed by atoms with E-state index >= 15 is 0 Å². The van der Waals surface area contributed by atoms with E-state index in [0.717, 1.165) is 47.9 Å². The van der Waals surface area contributed by atoms with Crippen molar-refractivity contribution in [3.63, 3.8) is 0 Å². The molecule has 1 aliphatic carbocycles. The third kappa shape index (κ3) is 5.61. The number of rotatable bonds is 7. The molecule has 2 aromatic carbocycles. The molecule has 0 atom stereocenters. The van der Waals surface area contributed by atoms with Crippen LogP contribution in [0.4, 0.5) is 10.1 Å². The Morgan fingerprint density at radius 1 is 1.05 bits per heavy atom. The van der Waals surface area contributed by atoms with Crippen LogP contribution in [0.25, 0.3) is 22.0 Å². The van der Waals surface area contributed by atoms with Crippen molar-refractivity contribution in [3.05, 3.63) is 53.5 Å². The molecule has 2 heterocycles. The van der Waals surface area contributed by atoms with Crippen molar-refractivity contribution >= 4 is 34.3 Å². The van der Waals surface area contributed by atoms with Crippen LogP contribution >= 0.6 is 0 Å². The summed E-state index contributed by atoms with van der Waals surface area (Å²) in [6, 6.07) is 10.3. The van der Waals surface area contributed by atoms with Crippen molar-refractivity contribution in [2.24, 2.45) is 11.1 Å². The van der Waals surface area contributed by atoms with Gasteiger partial charge in [0.05, 0.1) is 17.6 Å². The van der Waals surface area contributed by atoms with Crippen molar-refractivity contribution < 1.29 is 18.8 Å². The van der Waals surface area contributed by atoms with E-state index in [1.807, 2.05) is 31.1 Å². The molecule has 0 unspecified atom stereocenters. The summed E-state index contributed by atoms with van der Waals surface area (Å²) >= 11 is 0. The second kappa shape index (κ2) is 10.7. The van der Waals surface area contributed by atoms with Crippen LogP contribution in [0.3, 0.4) is 0 Å². The van der Waals surface area contributed by atoms with E-state index < -0.39 is 11.7 Å². The van der Waals surface area contributed by atoms with E-state index in [1.54, 1.807) is 16.7 Å². The van der Waals surface area contributed by atoms with Gasteiger partial charge < -0.3 is 21.3 Å². The van der Waals surface area contributed by atoms with Gasteiger partial charge in [0, 0.05) is 40.8 Å². The summed E-state index contributed by atoms with van der Waals surface area (Å²) in [5.74, 6) is -0.942. The topological polar surface area (TPSA) is 109 Å². The van der Waals surface area contributed by atoms with Crippen molar-refractivity contribution in [2.75, 3.05) is 26.0 Å². The molecule has 1 fully saturated rings. The van der Waals surface area contributed by atoms with Crippen LogP contribution in [-0.4, -0.2) is 59.9 Å². The number of aromatic nitrogens is 1. The Bertz CT molecular complexity index is 1480. The quantitative estimate of drug-likeness (QED) is 0.402. The van der Waals surface area contributed by atoms with Gasteiger partial charge in [-0.2, -0.15) is 0 Å². The normalized spacial score (nSPS) is 20.4. The molecular formula is C31H38FN5O3. The SMILES string of the molecule is CN(C)CC(=O)NC1CCC(Nc2cc(-c3c4n(c5cc(F)ccc35)C(=O)CC(C)(C)C4)ccc2C(N)=O)CC1. The lowest BCUT2D eigenvalue weighted by Crippen LogP contribution is -2.43. The molecule has 1 aromatic heterocycles. The van der Waals surface area contributed by atoms with Gasteiger partial charge in [0.15, 0.2) is 0 Å². The summed E-state index contributed by atoms with van der Waals surface area (Å²) in [7, 11) is 3.74. The first-order valence-electron chi connectivity index (χ1n) is 13.9. The van der Waals surface area contributed by atoms with Gasteiger partial charge in [0.25, 0.3) is 5.91 Å². The third-order valence-corrected chi connectivity index (χ3v) is 8.04. The number of likely N-dealkylation sites (N-methyl/N-ethyl adjacent to an activating group) is 1. The Morgan fingerprint density at radius 3 is 2.42 bits per heavy atom. The molecule has 0 radical (unpaired) electrons. The number of hydrogen-bond acceptors (Lipinski definition) is 5. The molecule has 2 amide bonds. The molecule has 212 valence electrons. The van der Waals surface area contributed by atoms with Gasteiger partial charge in [-0.15, -0.1) is 0 Å². The Morgan fingerprint density at radius 2 is 1.75 bits per heavy atom. The molecule has 0 saturated heterocycles. The highest BCUT2D eigenvalue weighted by Crippen LogP contribution is 2.43. The van der Waals surface area contributed by atoms with Gasteiger partial charge in [0.2, 0.25) is 11.8 Å². The fourth-order valence-corrected chi connectivity index (χ4v) is 6.29. The molecule has 2 aliphatic rings. The van der Waals surface area contributed by atoms with Crippen molar-refractivity contribution in [1.29, 1.82) is 0 Å². The fourth-order valence-electron chi connectivity index (χ4n) is 6.29. The van der Waals surface area contributed by atoms with E-state index in [-0.39, 0.29) is 29.3 Å². The monoisotopic (exact) mass is 547 g/mol. The molecular weight excluding hydrogens is 509 g/mol. The number of nitrogens with one attached hydrogen (secondary N) is 2. The smallest absolute Gasteiger partial charge is 0.250 e. The van der Waals surface area contributed by atoms with Crippen LogP contribution in [-0.2, 0) is 11.2 Å². The van der Waals surface area contributed by atoms with Gasteiger partial charge in [-0.05, 0) is 87.5 Å². The van der Waals surface area contributed by atoms with Gasteiger partial charge in [0.1, 0.15) is 5.82 Å². The van der Waals surface area contributed by atoms with Crippen LogP contribution in [0, 0.1) is 11.2 Å². The molecule has 1 saturated carbocycles. The highest BCUT2D eigenvalue weighted by atomic mass is 19.1. The zero-order valence-electron chi connectivity index (χ0n) is 23.6. The van der Waals surface area contributed by atoms with Crippen LogP contribution in [0.1, 0.15) is 66.8 Å². The number of amides is 2. The maximum absolute atomic E-state index is 14.3. The van der Waals surface area contributed by atoms with E-state index in [9.17, 15) is 18.8 Å². The molecule has 9 heteroatoms. The summed E-state index contributed by atoms with van der Waals surface area (Å²) in [4.78, 5) is 39.6. The van der Waals surface area contributed by atoms with Gasteiger partial charge >= 0.3 is 0 Å². The fraction of sp³-hybridized carbons (Fsp3) is 0.452. The number of nitrogens with two attached hydrogens (primary N) is 1. The minimum atomic E-state index is -0.527. The summed E-state index contributed by atoms with van der Waals surface area (Å²) in [5.41, 5.74) is 9.69. The van der Waals surface area contributed by atoms with E-state index in [1.165, 1.54) is 12.1 Å². The number of hydrogen-bond donors (Lipinski definition) is 3. The lowest BCUT2D eigenvalue weighted by Gasteiger charge is -2.31. The predicted octanol–water partition coefficient (Wildman–Crippen LogP) is 4.56. The standard InChI is InChI=1S/C31H38FN5O3/c1-31(2)15-26-29(23-12-6-19(32)14-25(23)37(26)28(39)16-31)18-5-11-22(30(33)40)24(13-18)34-20-7-9-21(10-8-20)35-27(38)17-36(3)4/h5-6,11-14,20-21,34H,7-10,15-17H2,1-4H3,(H2,33,40)(H,35,38). The molecule has 8 nitrogen and oxygen atoms in total. The minimum absolute atomic E-state index is 0.0230. The molecule has 0 spiro atoms. The Kier molecular flexibility index (Phi) is 7.44. The second-order valence-corrected chi connectivity index (χ2v) is 12.4. The highest BCUT2D eigenvalue weighted by molar-refractivity contribution is 6.06. The number of anilines is 1. The largest absolute Gasteiger partial charge is 0.382 e. The van der Waals surface area contributed by atoms with Crippen molar-refractivity contribution in [3.8, 4) is 11.1 Å². The summed E-state index contributed by atoms with van der Waals surface area (Å²) in [6.45, 7) is 4.50. The summed E-state index contributed by atoms with van der Waals surface area (Å²) in [5, 5.41) is 7.46. The second-order valence-electron chi connectivity index (χ2n) is 12.4. The van der Waals surface area contributed by atoms with Gasteiger partial charge in [-0.1, -0.05) is 19.9 Å². The Hall–Kier alpha value is -3.72. The number of carbonyl (C=O) groups excluding carboxylic acids is 3. The number of primary amides is 1. The first kappa shape index (κ1) is 27.8. The summed E-state index contributed by atoms with van der Waals surface area (Å²) < 4.78 is 16.0. The third-order valence-electron chi connectivity index (χ3n) is 8.04. The molecule has 5 rings (SSSR count). The van der Waals surface area contributed by atoms with Crippen LogP contribution in [0.2, 0.25) is 0 Å². The van der Waals surface area contributed by atoms with Crippen LogP contribution in [0.5, 0.6) is 0 Å². The zero-order valence-corrected chi connectivity index (χ0v) is 23.6. The lowest BCUT2D eigenvalue weighted by atomic mass is 9.80. The van der Waals surface area contributed by atoms with Gasteiger partial charge in [-0.3, -0.25) is 19.0 Å². The van der Waals surface area contributed by atoms with E-state index in [4.69, 9.17) is 5.73 Å². The zero-order chi connectivity index (χ0) is 28.8. The van der Waals surface area contributed by atoms with Crippen LogP contribution < -0.4 is 16.4 Å². The average molecular weight is 548 g/mol. The molecule has 1 aliphatic heterocycles. The maximum atomic E-state index is 14.3. The molecule has 0 bridgehead atoms. The first-order chi connectivity index (χ1) is 18.9. The van der Waals surface area contributed by atoms with Gasteiger partial charge in [-0.25, -0.2) is 4.39 Å². The number of fused-ring (bicyclic) bond motifs is 3. The number of carbonyl (C=O) groups is 3. The predicted molar refractivity (Wildman–Crippen MR) is 155 cm³/mol. The lowest BCUT2D eigenvalue weighted by molar-refractivity contribution is -0.122. The number of benzene rings is 2. The minimum Gasteiger partial charge on any atom is -0.382 e. The number of nitrogens with zero attached hydrogens (tertiary/aromatic N) is 2. The number of halogens is 1. The average Bonchev–Trinajstić information content (AvgIpc) is 3.16. The summed E-state index contributed by atoms with van der Waals surface area (Å²) in [6.07, 6.45) is 4.38. The maximum Gasteiger partial charge on any atom is 0.250 e. The molecule has 3 aromatic rings. The molecule has 40 heavy (non-hydrogen) atoms. The van der Waals surface area contributed by atoms with E-state index in [0.29, 0.717) is 36.2 Å². The first-order valence-corrected chi connectivity index (χ1v) is 13.9. The molecule has 4 N–H and O–H groups in total. The Labute approximate surface area is 234 Å². The van der Waals surface area contributed by atoms with E-state index in [2.05, 4.69) is 24.5 Å². The van der Waals surface area contributed by atoms with Crippen LogP contribution in [0.15, 0.2) is 36.4 Å². The van der Waals surface area contributed by atoms with Crippen molar-refractivity contribution in [2.45, 2.75) is 64.5 Å². The highest BCUT2D eigenvalue weighted by Gasteiger charge is 2.35. The Balaban J connectivity index is 1.47.